The zero-order valence-corrected chi connectivity index (χ0v) is 15.7. The number of anilines is 2. The average molecular weight is 399 g/mol. The molecule has 29 heavy (non-hydrogen) atoms. The van der Waals surface area contributed by atoms with Gasteiger partial charge in [-0.2, -0.15) is 0 Å². The molecular weight excluding hydrogens is 386 g/mol. The Bertz CT molecular complexity index is 1320. The standard InChI is InChI=1S/C20H13N7OS/c21-10-12-3-1-7-22-18(12)28-13-5-6-15-14(9-13)17(25-11-24-15)27-20-26-16-4-2-8-23-19(16)29-20/h1-11,21H,(H,24,25,26,27). The fourth-order valence-corrected chi connectivity index (χ4v) is 3.64. The molecule has 9 heteroatoms. The second-order valence-electron chi connectivity index (χ2n) is 6.02. The molecule has 5 aromatic rings. The second-order valence-corrected chi connectivity index (χ2v) is 6.99. The molecule has 0 aliphatic carbocycles. The van der Waals surface area contributed by atoms with Crippen molar-refractivity contribution in [2.75, 3.05) is 5.32 Å². The van der Waals surface area contributed by atoms with E-state index in [2.05, 4.69) is 30.2 Å². The Morgan fingerprint density at radius 2 is 1.86 bits per heavy atom. The summed E-state index contributed by atoms with van der Waals surface area (Å²) in [6.07, 6.45) is 6.08. The van der Waals surface area contributed by atoms with Crippen LogP contribution in [0.5, 0.6) is 11.6 Å². The van der Waals surface area contributed by atoms with Gasteiger partial charge in [0.05, 0.1) is 11.1 Å². The molecule has 0 aliphatic rings. The highest BCUT2D eigenvalue weighted by atomic mass is 32.1. The van der Waals surface area contributed by atoms with Crippen LogP contribution < -0.4 is 10.1 Å². The number of benzene rings is 1. The van der Waals surface area contributed by atoms with Crippen molar-refractivity contribution < 1.29 is 4.74 Å². The quantitative estimate of drug-likeness (QED) is 0.417. The zero-order valence-electron chi connectivity index (χ0n) is 14.9. The van der Waals surface area contributed by atoms with Gasteiger partial charge >= 0.3 is 0 Å². The van der Waals surface area contributed by atoms with Crippen LogP contribution in [0, 0.1) is 5.41 Å². The van der Waals surface area contributed by atoms with Gasteiger partial charge in [0.1, 0.15) is 28.2 Å². The molecule has 0 atom stereocenters. The van der Waals surface area contributed by atoms with Crippen LogP contribution in [0.3, 0.4) is 0 Å². The zero-order chi connectivity index (χ0) is 19.6. The first kappa shape index (κ1) is 17.1. The predicted octanol–water partition coefficient (Wildman–Crippen LogP) is 4.56. The van der Waals surface area contributed by atoms with Gasteiger partial charge in [-0.05, 0) is 42.5 Å². The maximum atomic E-state index is 7.50. The maximum absolute atomic E-state index is 7.50. The summed E-state index contributed by atoms with van der Waals surface area (Å²) in [5.41, 5.74) is 2.19. The average Bonchev–Trinajstić information content (AvgIpc) is 3.17. The van der Waals surface area contributed by atoms with Gasteiger partial charge in [-0.25, -0.2) is 24.9 Å². The molecule has 8 nitrogen and oxygen atoms in total. The number of hydrogen-bond donors (Lipinski definition) is 2. The number of ether oxygens (including phenoxy) is 1. The summed E-state index contributed by atoms with van der Waals surface area (Å²) in [5.74, 6) is 1.56. The van der Waals surface area contributed by atoms with Gasteiger partial charge in [-0.15, -0.1) is 0 Å². The van der Waals surface area contributed by atoms with Crippen molar-refractivity contribution in [1.29, 1.82) is 5.41 Å². The molecule has 0 radical (unpaired) electrons. The monoisotopic (exact) mass is 399 g/mol. The van der Waals surface area contributed by atoms with E-state index in [-0.39, 0.29) is 0 Å². The van der Waals surface area contributed by atoms with Gasteiger partial charge in [-0.1, -0.05) is 11.3 Å². The summed E-state index contributed by atoms with van der Waals surface area (Å²) in [6.45, 7) is 0. The van der Waals surface area contributed by atoms with Crippen LogP contribution in [0.15, 0.2) is 61.2 Å². The Kier molecular flexibility index (Phi) is 4.26. The van der Waals surface area contributed by atoms with E-state index in [1.54, 1.807) is 24.5 Å². The summed E-state index contributed by atoms with van der Waals surface area (Å²) < 4.78 is 5.89. The Labute approximate surface area is 168 Å². The molecule has 0 amide bonds. The summed E-state index contributed by atoms with van der Waals surface area (Å²) in [7, 11) is 0. The van der Waals surface area contributed by atoms with Gasteiger partial charge in [0.2, 0.25) is 5.88 Å². The lowest BCUT2D eigenvalue weighted by molar-refractivity contribution is 0.463. The van der Waals surface area contributed by atoms with Crippen molar-refractivity contribution in [3.8, 4) is 11.6 Å². The fraction of sp³-hybridized carbons (Fsp3) is 0. The van der Waals surface area contributed by atoms with Crippen LogP contribution in [0.2, 0.25) is 0 Å². The Morgan fingerprint density at radius 3 is 2.76 bits per heavy atom. The van der Waals surface area contributed by atoms with Crippen LogP contribution in [-0.4, -0.2) is 31.1 Å². The first-order valence-corrected chi connectivity index (χ1v) is 9.48. The van der Waals surface area contributed by atoms with E-state index >= 15 is 0 Å². The molecule has 4 aromatic heterocycles. The highest BCUT2D eigenvalue weighted by Crippen LogP contribution is 2.31. The summed E-state index contributed by atoms with van der Waals surface area (Å²) >= 11 is 1.45. The number of rotatable bonds is 5. The SMILES string of the molecule is N=Cc1cccnc1Oc1ccc2ncnc(Nc3nc4cccnc4s3)c2c1. The molecule has 0 aliphatic heterocycles. The molecule has 0 saturated heterocycles. The smallest absolute Gasteiger partial charge is 0.228 e. The highest BCUT2D eigenvalue weighted by Gasteiger charge is 2.11. The van der Waals surface area contributed by atoms with Crippen molar-refractivity contribution in [3.05, 3.63) is 66.7 Å². The van der Waals surface area contributed by atoms with E-state index in [9.17, 15) is 0 Å². The summed E-state index contributed by atoms with van der Waals surface area (Å²) in [5, 5.41) is 12.2. The lowest BCUT2D eigenvalue weighted by atomic mass is 10.2. The number of thiazole rings is 1. The van der Waals surface area contributed by atoms with Gasteiger partial charge in [-0.3, -0.25) is 0 Å². The number of pyridine rings is 2. The van der Waals surface area contributed by atoms with Gasteiger partial charge in [0, 0.05) is 24.0 Å². The van der Waals surface area contributed by atoms with E-state index in [0.717, 1.165) is 21.3 Å². The molecule has 0 fully saturated rings. The van der Waals surface area contributed by atoms with Crippen LogP contribution in [0.25, 0.3) is 21.3 Å². The number of fused-ring (bicyclic) bond motifs is 2. The third-order valence-corrected chi connectivity index (χ3v) is 5.06. The van der Waals surface area contributed by atoms with E-state index in [4.69, 9.17) is 10.1 Å². The molecule has 0 saturated carbocycles. The molecular formula is C20H13N7OS. The first-order valence-electron chi connectivity index (χ1n) is 8.67. The Morgan fingerprint density at radius 1 is 0.966 bits per heavy atom. The Balaban J connectivity index is 1.52. The molecule has 5 rings (SSSR count). The number of nitrogens with zero attached hydrogens (tertiary/aromatic N) is 5. The summed E-state index contributed by atoms with van der Waals surface area (Å²) in [4.78, 5) is 22.6. The molecule has 0 spiro atoms. The van der Waals surface area contributed by atoms with Crippen LogP contribution in [0.1, 0.15) is 5.56 Å². The van der Waals surface area contributed by atoms with Crippen molar-refractivity contribution in [2.24, 2.45) is 0 Å². The van der Waals surface area contributed by atoms with E-state index < -0.39 is 0 Å². The minimum atomic E-state index is 0.366. The molecule has 1 aromatic carbocycles. The lowest BCUT2D eigenvalue weighted by Gasteiger charge is -2.09. The van der Waals surface area contributed by atoms with Crippen LogP contribution in [-0.2, 0) is 0 Å². The lowest BCUT2D eigenvalue weighted by Crippen LogP contribution is -1.97. The fourth-order valence-electron chi connectivity index (χ4n) is 2.83. The maximum Gasteiger partial charge on any atom is 0.228 e. The molecule has 140 valence electrons. The van der Waals surface area contributed by atoms with Crippen LogP contribution >= 0.6 is 11.3 Å². The summed E-state index contributed by atoms with van der Waals surface area (Å²) in [6, 6.07) is 12.8. The number of hydrogen-bond acceptors (Lipinski definition) is 9. The van der Waals surface area contributed by atoms with E-state index in [0.29, 0.717) is 28.1 Å². The normalized spacial score (nSPS) is 10.9. The third-order valence-electron chi connectivity index (χ3n) is 4.17. The Hall–Kier alpha value is -3.98. The van der Waals surface area contributed by atoms with E-state index in [1.807, 2.05) is 30.3 Å². The second kappa shape index (κ2) is 7.21. The largest absolute Gasteiger partial charge is 0.438 e. The molecule has 0 bridgehead atoms. The third kappa shape index (κ3) is 3.34. The molecule has 0 unspecified atom stereocenters. The first-order chi connectivity index (χ1) is 14.3. The van der Waals surface area contributed by atoms with Crippen molar-refractivity contribution in [2.45, 2.75) is 0 Å². The van der Waals surface area contributed by atoms with Gasteiger partial charge in [0.25, 0.3) is 0 Å². The topological polar surface area (TPSA) is 110 Å². The minimum Gasteiger partial charge on any atom is -0.438 e. The van der Waals surface area contributed by atoms with Gasteiger partial charge in [0.15, 0.2) is 5.13 Å². The van der Waals surface area contributed by atoms with E-state index in [1.165, 1.54) is 23.9 Å². The molecule has 4 heterocycles. The van der Waals surface area contributed by atoms with Crippen molar-refractivity contribution >= 4 is 49.8 Å². The minimum absolute atomic E-state index is 0.366. The van der Waals surface area contributed by atoms with Crippen molar-refractivity contribution in [3.63, 3.8) is 0 Å². The van der Waals surface area contributed by atoms with Crippen molar-refractivity contribution in [1.82, 2.24) is 24.9 Å². The van der Waals surface area contributed by atoms with Gasteiger partial charge < -0.3 is 15.5 Å². The highest BCUT2D eigenvalue weighted by molar-refractivity contribution is 7.21. The van der Waals surface area contributed by atoms with Crippen LogP contribution in [0.4, 0.5) is 10.9 Å². The number of aromatic nitrogens is 5. The molecule has 2 N–H and O–H groups in total. The number of nitrogens with one attached hydrogen (secondary N) is 2. The predicted molar refractivity (Wildman–Crippen MR) is 112 cm³/mol.